The molecule has 3 N–H and O–H groups in total. The number of nitriles is 1. The minimum absolute atomic E-state index is 0.0968. The fraction of sp³-hybridized carbons (Fsp3) is 0.500. The van der Waals surface area contributed by atoms with Crippen LogP contribution in [0, 0.1) is 11.3 Å². The van der Waals surface area contributed by atoms with E-state index in [0.717, 1.165) is 25.1 Å². The lowest BCUT2D eigenvalue weighted by atomic mass is 10.1. The molecule has 0 radical (unpaired) electrons. The summed E-state index contributed by atoms with van der Waals surface area (Å²) in [5.41, 5.74) is 7.72. The lowest BCUT2D eigenvalue weighted by Gasteiger charge is -2.28. The van der Waals surface area contributed by atoms with Crippen molar-refractivity contribution in [1.29, 1.82) is 5.26 Å². The van der Waals surface area contributed by atoms with Gasteiger partial charge in [-0.3, -0.25) is 0 Å². The minimum atomic E-state index is 0.0968. The second-order valence-corrected chi connectivity index (χ2v) is 4.63. The Kier molecular flexibility index (Phi) is 4.48. The van der Waals surface area contributed by atoms with E-state index in [1.54, 1.807) is 12.1 Å². The molecule has 5 heteroatoms. The number of unbranched alkanes of at least 4 members (excludes halogenated alkanes) is 1. The molecule has 0 aliphatic carbocycles. The van der Waals surface area contributed by atoms with Crippen LogP contribution >= 0.6 is 0 Å². The number of ether oxygens (including phenoxy) is 2. The fourth-order valence-electron chi connectivity index (χ4n) is 1.97. The summed E-state index contributed by atoms with van der Waals surface area (Å²) >= 11 is 0. The molecule has 0 bridgehead atoms. The lowest BCUT2D eigenvalue weighted by molar-refractivity contribution is 0.105. The average molecular weight is 261 g/mol. The van der Waals surface area contributed by atoms with Gasteiger partial charge in [0.05, 0.1) is 30.0 Å². The molecule has 0 saturated heterocycles. The SMILES string of the molecule is CCCCOCC1COc2cc(C#N)cc(N)c2N1. The van der Waals surface area contributed by atoms with Crippen molar-refractivity contribution in [3.8, 4) is 11.8 Å². The molecule has 0 fully saturated rings. The topological polar surface area (TPSA) is 80.3 Å². The Bertz CT molecular complexity index is 482. The predicted molar refractivity (Wildman–Crippen MR) is 74.2 cm³/mol. The second kappa shape index (κ2) is 6.30. The molecular weight excluding hydrogens is 242 g/mol. The van der Waals surface area contributed by atoms with Gasteiger partial charge in [-0.15, -0.1) is 0 Å². The van der Waals surface area contributed by atoms with E-state index in [1.807, 2.05) is 0 Å². The largest absolute Gasteiger partial charge is 0.489 e. The van der Waals surface area contributed by atoms with Gasteiger partial charge in [-0.1, -0.05) is 13.3 Å². The van der Waals surface area contributed by atoms with Gasteiger partial charge in [-0.2, -0.15) is 5.26 Å². The van der Waals surface area contributed by atoms with Crippen LogP contribution < -0.4 is 15.8 Å². The predicted octanol–water partition coefficient (Wildman–Crippen LogP) is 2.13. The van der Waals surface area contributed by atoms with Gasteiger partial charge in [0.1, 0.15) is 18.0 Å². The summed E-state index contributed by atoms with van der Waals surface area (Å²) in [5, 5.41) is 12.2. The van der Waals surface area contributed by atoms with Gasteiger partial charge in [-0.05, 0) is 12.5 Å². The molecule has 1 heterocycles. The van der Waals surface area contributed by atoms with E-state index in [0.29, 0.717) is 30.2 Å². The number of rotatable bonds is 5. The molecule has 0 spiro atoms. The van der Waals surface area contributed by atoms with Crippen molar-refractivity contribution in [3.05, 3.63) is 17.7 Å². The van der Waals surface area contributed by atoms with Crippen LogP contribution in [0.2, 0.25) is 0 Å². The Morgan fingerprint density at radius 1 is 1.58 bits per heavy atom. The van der Waals surface area contributed by atoms with Crippen molar-refractivity contribution < 1.29 is 9.47 Å². The van der Waals surface area contributed by atoms with Gasteiger partial charge in [0.25, 0.3) is 0 Å². The van der Waals surface area contributed by atoms with Crippen LogP contribution in [-0.4, -0.2) is 25.9 Å². The van der Waals surface area contributed by atoms with Crippen LogP contribution in [0.5, 0.6) is 5.75 Å². The number of nitrogens with zero attached hydrogens (tertiary/aromatic N) is 1. The number of hydrogen-bond acceptors (Lipinski definition) is 5. The summed E-state index contributed by atoms with van der Waals surface area (Å²) < 4.78 is 11.2. The highest BCUT2D eigenvalue weighted by molar-refractivity contribution is 5.76. The number of fused-ring (bicyclic) bond motifs is 1. The molecule has 0 aromatic heterocycles. The zero-order chi connectivity index (χ0) is 13.7. The van der Waals surface area contributed by atoms with Crippen molar-refractivity contribution >= 4 is 11.4 Å². The van der Waals surface area contributed by atoms with Crippen molar-refractivity contribution in [1.82, 2.24) is 0 Å². The van der Waals surface area contributed by atoms with E-state index >= 15 is 0 Å². The monoisotopic (exact) mass is 261 g/mol. The van der Waals surface area contributed by atoms with E-state index in [1.165, 1.54) is 0 Å². The molecule has 0 amide bonds. The quantitative estimate of drug-likeness (QED) is 0.627. The van der Waals surface area contributed by atoms with Crippen LogP contribution in [0.4, 0.5) is 11.4 Å². The van der Waals surface area contributed by atoms with Gasteiger partial charge < -0.3 is 20.5 Å². The Morgan fingerprint density at radius 3 is 3.16 bits per heavy atom. The van der Waals surface area contributed by atoms with Crippen molar-refractivity contribution in [2.75, 3.05) is 30.9 Å². The molecule has 19 heavy (non-hydrogen) atoms. The Hall–Kier alpha value is -1.93. The van der Waals surface area contributed by atoms with Crippen LogP contribution in [-0.2, 0) is 4.74 Å². The van der Waals surface area contributed by atoms with Crippen LogP contribution in [0.1, 0.15) is 25.3 Å². The average Bonchev–Trinajstić information content (AvgIpc) is 2.44. The Morgan fingerprint density at radius 2 is 2.42 bits per heavy atom. The molecule has 1 aliphatic rings. The summed E-state index contributed by atoms with van der Waals surface area (Å²) in [4.78, 5) is 0. The van der Waals surface area contributed by atoms with E-state index in [9.17, 15) is 0 Å². The van der Waals surface area contributed by atoms with E-state index < -0.39 is 0 Å². The lowest BCUT2D eigenvalue weighted by Crippen LogP contribution is -2.36. The van der Waals surface area contributed by atoms with Gasteiger partial charge in [0, 0.05) is 12.7 Å². The van der Waals surface area contributed by atoms with Crippen molar-refractivity contribution in [2.45, 2.75) is 25.8 Å². The first-order valence-corrected chi connectivity index (χ1v) is 6.55. The minimum Gasteiger partial charge on any atom is -0.489 e. The number of hydrogen-bond donors (Lipinski definition) is 2. The Balaban J connectivity index is 1.98. The summed E-state index contributed by atoms with van der Waals surface area (Å²) in [7, 11) is 0. The van der Waals surface area contributed by atoms with Gasteiger partial charge in [0.2, 0.25) is 0 Å². The van der Waals surface area contributed by atoms with E-state index in [2.05, 4.69) is 18.3 Å². The summed E-state index contributed by atoms with van der Waals surface area (Å²) in [6, 6.07) is 5.51. The molecule has 1 aliphatic heterocycles. The van der Waals surface area contributed by atoms with Crippen LogP contribution in [0.15, 0.2) is 12.1 Å². The second-order valence-electron chi connectivity index (χ2n) is 4.63. The first kappa shape index (κ1) is 13.5. The molecule has 1 aromatic rings. The van der Waals surface area contributed by atoms with Gasteiger partial charge in [0.15, 0.2) is 0 Å². The molecule has 5 nitrogen and oxygen atoms in total. The van der Waals surface area contributed by atoms with Crippen LogP contribution in [0.3, 0.4) is 0 Å². The van der Waals surface area contributed by atoms with Crippen molar-refractivity contribution in [2.24, 2.45) is 0 Å². The smallest absolute Gasteiger partial charge is 0.145 e. The third-order valence-corrected chi connectivity index (χ3v) is 3.01. The standard InChI is InChI=1S/C14H19N3O2/c1-2-3-4-18-8-11-9-19-13-6-10(7-15)5-12(16)14(13)17-11/h5-6,11,17H,2-4,8-9,16H2,1H3. The highest BCUT2D eigenvalue weighted by atomic mass is 16.5. The summed E-state index contributed by atoms with van der Waals surface area (Å²) in [5.74, 6) is 0.640. The number of nitrogens with one attached hydrogen (secondary N) is 1. The molecule has 1 atom stereocenters. The molecular formula is C14H19N3O2. The normalized spacial score (nSPS) is 16.9. The summed E-state index contributed by atoms with van der Waals surface area (Å²) in [6.07, 6.45) is 2.19. The third kappa shape index (κ3) is 3.30. The highest BCUT2D eigenvalue weighted by Crippen LogP contribution is 2.35. The van der Waals surface area contributed by atoms with E-state index in [4.69, 9.17) is 20.5 Å². The maximum Gasteiger partial charge on any atom is 0.145 e. The fourth-order valence-corrected chi connectivity index (χ4v) is 1.97. The summed E-state index contributed by atoms with van der Waals surface area (Å²) in [6.45, 7) is 4.02. The first-order chi connectivity index (χ1) is 9.24. The molecule has 0 saturated carbocycles. The highest BCUT2D eigenvalue weighted by Gasteiger charge is 2.21. The van der Waals surface area contributed by atoms with Crippen molar-refractivity contribution in [3.63, 3.8) is 0 Å². The first-order valence-electron chi connectivity index (χ1n) is 6.55. The zero-order valence-electron chi connectivity index (χ0n) is 11.1. The van der Waals surface area contributed by atoms with Gasteiger partial charge in [-0.25, -0.2) is 0 Å². The zero-order valence-corrected chi connectivity index (χ0v) is 11.1. The maximum atomic E-state index is 8.88. The maximum absolute atomic E-state index is 8.88. The number of nitrogens with two attached hydrogens (primary N) is 1. The number of anilines is 2. The van der Waals surface area contributed by atoms with E-state index in [-0.39, 0.29) is 6.04 Å². The molecule has 2 rings (SSSR count). The third-order valence-electron chi connectivity index (χ3n) is 3.01. The molecule has 102 valence electrons. The Labute approximate surface area is 113 Å². The van der Waals surface area contributed by atoms with Gasteiger partial charge >= 0.3 is 0 Å². The molecule has 1 unspecified atom stereocenters. The number of benzene rings is 1. The number of nitrogen functional groups attached to an aromatic ring is 1. The molecule has 1 aromatic carbocycles. The van der Waals surface area contributed by atoms with Crippen LogP contribution in [0.25, 0.3) is 0 Å².